The number of hydrogen-bond donors (Lipinski definition) is 1. The molecule has 1 N–H and O–H groups in total. The van der Waals surface area contributed by atoms with Gasteiger partial charge in [0.1, 0.15) is 17.5 Å². The van der Waals surface area contributed by atoms with E-state index in [0.717, 1.165) is 11.1 Å². The van der Waals surface area contributed by atoms with Crippen molar-refractivity contribution in [2.45, 2.75) is 38.8 Å². The molecule has 31 heavy (non-hydrogen) atoms. The Kier molecular flexibility index (Phi) is 6.29. The van der Waals surface area contributed by atoms with Gasteiger partial charge in [0.25, 0.3) is 11.8 Å². The van der Waals surface area contributed by atoms with Crippen molar-refractivity contribution in [3.8, 4) is 11.1 Å². The van der Waals surface area contributed by atoms with Gasteiger partial charge in [-0.1, -0.05) is 18.2 Å². The molecule has 0 radical (unpaired) electrons. The summed E-state index contributed by atoms with van der Waals surface area (Å²) >= 11 is 0. The average molecular weight is 425 g/mol. The highest BCUT2D eigenvalue weighted by molar-refractivity contribution is 6.01. The van der Waals surface area contributed by atoms with E-state index in [9.17, 15) is 14.4 Å². The number of amides is 3. The summed E-state index contributed by atoms with van der Waals surface area (Å²) in [5, 5.41) is 2.63. The Hall–Kier alpha value is -3.42. The molecule has 164 valence electrons. The van der Waals surface area contributed by atoms with Gasteiger partial charge >= 0.3 is 6.09 Å². The van der Waals surface area contributed by atoms with Crippen LogP contribution < -0.4 is 10.2 Å². The van der Waals surface area contributed by atoms with E-state index in [1.807, 2.05) is 24.3 Å². The van der Waals surface area contributed by atoms with Gasteiger partial charge in [0, 0.05) is 38.0 Å². The van der Waals surface area contributed by atoms with Crippen molar-refractivity contribution in [3.05, 3.63) is 48.2 Å². The van der Waals surface area contributed by atoms with Gasteiger partial charge in [-0.15, -0.1) is 0 Å². The lowest BCUT2D eigenvalue weighted by molar-refractivity contribution is -0.118. The molecule has 1 aliphatic heterocycles. The highest BCUT2D eigenvalue weighted by Gasteiger charge is 2.35. The number of anilines is 1. The van der Waals surface area contributed by atoms with Gasteiger partial charge in [0.15, 0.2) is 0 Å². The lowest BCUT2D eigenvalue weighted by Crippen LogP contribution is -2.43. The van der Waals surface area contributed by atoms with E-state index < -0.39 is 17.7 Å². The van der Waals surface area contributed by atoms with E-state index in [0.29, 0.717) is 24.3 Å². The first-order valence-electron chi connectivity index (χ1n) is 10.1. The van der Waals surface area contributed by atoms with Crippen LogP contribution in [0.1, 0.15) is 37.6 Å². The number of carbonyl (C=O) groups excluding carboxylic acids is 3. The molecule has 2 aromatic rings. The summed E-state index contributed by atoms with van der Waals surface area (Å²) in [6, 6.07) is 10.3. The van der Waals surface area contributed by atoms with Gasteiger partial charge in [-0.2, -0.15) is 0 Å². The van der Waals surface area contributed by atoms with Crippen LogP contribution in [0.25, 0.3) is 11.1 Å². The van der Waals surface area contributed by atoms with E-state index in [2.05, 4.69) is 10.3 Å². The Morgan fingerprint density at radius 2 is 1.87 bits per heavy atom. The smallest absolute Gasteiger partial charge is 0.408 e. The maximum Gasteiger partial charge on any atom is 0.408 e. The number of hydrogen-bond acceptors (Lipinski definition) is 5. The van der Waals surface area contributed by atoms with Gasteiger partial charge < -0.3 is 15.0 Å². The first-order valence-corrected chi connectivity index (χ1v) is 10.1. The lowest BCUT2D eigenvalue weighted by Gasteiger charge is -2.21. The van der Waals surface area contributed by atoms with Crippen LogP contribution >= 0.6 is 0 Å². The first-order chi connectivity index (χ1) is 14.6. The molecule has 0 aliphatic carbocycles. The summed E-state index contributed by atoms with van der Waals surface area (Å²) in [4.78, 5) is 44.7. The number of ether oxygens (including phenoxy) is 1. The summed E-state index contributed by atoms with van der Waals surface area (Å²) in [6.07, 6.45) is 1.51. The Balaban J connectivity index is 1.74. The number of nitrogens with one attached hydrogen (secondary N) is 1. The molecule has 1 aliphatic rings. The largest absolute Gasteiger partial charge is 0.444 e. The number of benzene rings is 1. The summed E-state index contributed by atoms with van der Waals surface area (Å²) in [7, 11) is 3.42. The van der Waals surface area contributed by atoms with Crippen molar-refractivity contribution in [1.29, 1.82) is 0 Å². The molecule has 0 unspecified atom stereocenters. The van der Waals surface area contributed by atoms with Gasteiger partial charge in [-0.3, -0.25) is 14.5 Å². The molecule has 0 saturated carbocycles. The van der Waals surface area contributed by atoms with Crippen LogP contribution in [-0.2, 0) is 9.53 Å². The van der Waals surface area contributed by atoms with Crippen LogP contribution in [0.2, 0.25) is 0 Å². The standard InChI is InChI=1S/C23H28N4O4/c1-23(2,3)31-22(30)25-18-12-13-27(21(18)29)19-11-10-15(14-24-19)16-8-6-7-9-17(16)20(28)26(4)5/h6-11,14,18H,12-13H2,1-5H3,(H,25,30)/t18-/m0/s1. The molecule has 1 aromatic heterocycles. The van der Waals surface area contributed by atoms with Crippen molar-refractivity contribution < 1.29 is 19.1 Å². The number of pyridine rings is 1. The second kappa shape index (κ2) is 8.75. The van der Waals surface area contributed by atoms with Gasteiger partial charge in [-0.25, -0.2) is 9.78 Å². The second-order valence-corrected chi connectivity index (χ2v) is 8.63. The van der Waals surface area contributed by atoms with Crippen molar-refractivity contribution in [1.82, 2.24) is 15.2 Å². The first kappa shape index (κ1) is 22.3. The van der Waals surface area contributed by atoms with E-state index >= 15 is 0 Å². The molecular weight excluding hydrogens is 396 g/mol. The molecule has 2 heterocycles. The summed E-state index contributed by atoms with van der Waals surface area (Å²) in [6.45, 7) is 5.75. The van der Waals surface area contributed by atoms with Crippen molar-refractivity contribution in [2.75, 3.05) is 25.5 Å². The van der Waals surface area contributed by atoms with Crippen LogP contribution in [0.5, 0.6) is 0 Å². The maximum absolute atomic E-state index is 12.7. The van der Waals surface area contributed by atoms with Crippen molar-refractivity contribution >= 4 is 23.7 Å². The number of alkyl carbamates (subject to hydrolysis) is 1. The second-order valence-electron chi connectivity index (χ2n) is 8.63. The minimum atomic E-state index is -0.644. The molecule has 1 saturated heterocycles. The van der Waals surface area contributed by atoms with E-state index in [1.54, 1.807) is 58.1 Å². The fourth-order valence-electron chi connectivity index (χ4n) is 3.36. The molecule has 1 atom stereocenters. The number of aromatic nitrogens is 1. The monoisotopic (exact) mass is 424 g/mol. The minimum Gasteiger partial charge on any atom is -0.444 e. The van der Waals surface area contributed by atoms with Crippen LogP contribution in [0.4, 0.5) is 10.6 Å². The summed E-state index contributed by atoms with van der Waals surface area (Å²) < 4.78 is 5.23. The summed E-state index contributed by atoms with van der Waals surface area (Å²) in [5.41, 5.74) is 1.51. The van der Waals surface area contributed by atoms with Gasteiger partial charge in [0.05, 0.1) is 0 Å². The molecule has 1 aromatic carbocycles. The zero-order valence-corrected chi connectivity index (χ0v) is 18.5. The Labute approximate surface area is 182 Å². The summed E-state index contributed by atoms with van der Waals surface area (Å²) in [5.74, 6) is 0.179. The third-order valence-corrected chi connectivity index (χ3v) is 4.80. The minimum absolute atomic E-state index is 0.0922. The third-order valence-electron chi connectivity index (χ3n) is 4.80. The van der Waals surface area contributed by atoms with E-state index in [4.69, 9.17) is 4.74 Å². The Morgan fingerprint density at radius 1 is 1.16 bits per heavy atom. The van der Waals surface area contributed by atoms with Gasteiger partial charge in [-0.05, 0) is 51.0 Å². The number of carbonyl (C=O) groups is 3. The predicted molar refractivity (Wildman–Crippen MR) is 118 cm³/mol. The van der Waals surface area contributed by atoms with Crippen LogP contribution in [-0.4, -0.2) is 60.1 Å². The fourth-order valence-corrected chi connectivity index (χ4v) is 3.36. The zero-order valence-electron chi connectivity index (χ0n) is 18.5. The van der Waals surface area contributed by atoms with E-state index in [-0.39, 0.29) is 11.8 Å². The molecule has 0 spiro atoms. The third kappa shape index (κ3) is 5.20. The van der Waals surface area contributed by atoms with Gasteiger partial charge in [0.2, 0.25) is 0 Å². The number of nitrogens with zero attached hydrogens (tertiary/aromatic N) is 3. The normalized spacial score (nSPS) is 16.2. The topological polar surface area (TPSA) is 91.8 Å². The van der Waals surface area contributed by atoms with Crippen molar-refractivity contribution in [2.24, 2.45) is 0 Å². The molecule has 0 bridgehead atoms. The molecule has 1 fully saturated rings. The van der Waals surface area contributed by atoms with Crippen LogP contribution in [0.3, 0.4) is 0 Å². The quantitative estimate of drug-likeness (QED) is 0.814. The van der Waals surface area contributed by atoms with Crippen LogP contribution in [0, 0.1) is 0 Å². The molecule has 8 nitrogen and oxygen atoms in total. The molecular formula is C23H28N4O4. The molecule has 3 rings (SSSR count). The average Bonchev–Trinajstić information content (AvgIpc) is 3.06. The highest BCUT2D eigenvalue weighted by atomic mass is 16.6. The van der Waals surface area contributed by atoms with E-state index in [1.165, 1.54) is 4.90 Å². The SMILES string of the molecule is CN(C)C(=O)c1ccccc1-c1ccc(N2CC[C@H](NC(=O)OC(C)(C)C)C2=O)nc1. The fraction of sp³-hybridized carbons (Fsp3) is 0.391. The highest BCUT2D eigenvalue weighted by Crippen LogP contribution is 2.27. The molecule has 8 heteroatoms. The van der Waals surface area contributed by atoms with Crippen LogP contribution in [0.15, 0.2) is 42.6 Å². The van der Waals surface area contributed by atoms with Crippen molar-refractivity contribution in [3.63, 3.8) is 0 Å². The zero-order chi connectivity index (χ0) is 22.8. The predicted octanol–water partition coefficient (Wildman–Crippen LogP) is 3.08. The Bertz CT molecular complexity index is 980. The Morgan fingerprint density at radius 3 is 2.48 bits per heavy atom. The number of rotatable bonds is 4. The molecule has 3 amide bonds. The maximum atomic E-state index is 12.7. The lowest BCUT2D eigenvalue weighted by atomic mass is 10.0.